The number of amides is 1. The molecule has 29 heavy (non-hydrogen) atoms. The summed E-state index contributed by atoms with van der Waals surface area (Å²) in [4.78, 5) is 22.2. The molecule has 4 rings (SSSR count). The molecular weight excluding hydrogens is 387 g/mol. The maximum absolute atomic E-state index is 12.8. The third-order valence-electron chi connectivity index (χ3n) is 5.10. The second-order valence-corrected chi connectivity index (χ2v) is 7.17. The van der Waals surface area contributed by atoms with E-state index < -0.39 is 17.5 Å². The summed E-state index contributed by atoms with van der Waals surface area (Å²) < 4.78 is 40.3. The van der Waals surface area contributed by atoms with Gasteiger partial charge in [0.25, 0.3) is 0 Å². The molecule has 1 fully saturated rings. The number of carbonyl (C=O) groups is 1. The van der Waals surface area contributed by atoms with E-state index in [2.05, 4.69) is 15.1 Å². The maximum Gasteiger partial charge on any atom is 0.416 e. The van der Waals surface area contributed by atoms with Crippen LogP contribution in [0.4, 0.5) is 13.2 Å². The van der Waals surface area contributed by atoms with Gasteiger partial charge in [-0.1, -0.05) is 0 Å². The van der Waals surface area contributed by atoms with Crippen LogP contribution in [0, 0.1) is 6.92 Å². The zero-order valence-electron chi connectivity index (χ0n) is 15.7. The van der Waals surface area contributed by atoms with Crippen LogP contribution >= 0.6 is 0 Å². The monoisotopic (exact) mass is 405 g/mol. The average molecular weight is 405 g/mol. The Labute approximate surface area is 163 Å². The number of piperidine rings is 1. The van der Waals surface area contributed by atoms with E-state index in [1.54, 1.807) is 29.7 Å². The van der Waals surface area contributed by atoms with E-state index in [4.69, 9.17) is 0 Å². The summed E-state index contributed by atoms with van der Waals surface area (Å²) in [6.45, 7) is 2.20. The highest BCUT2D eigenvalue weighted by molar-refractivity contribution is 5.78. The molecule has 2 aromatic heterocycles. The van der Waals surface area contributed by atoms with Gasteiger partial charge in [-0.25, -0.2) is 9.97 Å². The molecule has 1 amide bonds. The first-order chi connectivity index (χ1) is 13.6. The minimum absolute atomic E-state index is 0.00284. The number of alkyl halides is 3. The molecule has 1 aliphatic rings. The number of likely N-dealkylation sites (tertiary alicyclic amines) is 1. The lowest BCUT2D eigenvalue weighted by atomic mass is 10.1. The number of hydrogen-bond acceptors (Lipinski definition) is 5. The van der Waals surface area contributed by atoms with Gasteiger partial charge in [-0.2, -0.15) is 18.3 Å². The number of fused-ring (bicyclic) bond motifs is 1. The maximum atomic E-state index is 12.8. The van der Waals surface area contributed by atoms with Crippen molar-refractivity contribution in [3.8, 4) is 17.0 Å². The lowest BCUT2D eigenvalue weighted by Gasteiger charge is -2.29. The van der Waals surface area contributed by atoms with E-state index >= 15 is 0 Å². The van der Waals surface area contributed by atoms with Gasteiger partial charge < -0.3 is 10.0 Å². The minimum Gasteiger partial charge on any atom is -0.507 e. The van der Waals surface area contributed by atoms with Gasteiger partial charge in [0.05, 0.1) is 29.2 Å². The van der Waals surface area contributed by atoms with Crippen LogP contribution in [0.15, 0.2) is 24.4 Å². The van der Waals surface area contributed by atoms with Gasteiger partial charge in [0, 0.05) is 25.6 Å². The summed E-state index contributed by atoms with van der Waals surface area (Å²) in [5.41, 5.74) is 0.808. The summed E-state index contributed by atoms with van der Waals surface area (Å²) in [5, 5.41) is 14.6. The SMILES string of the molecule is Cc1nc2cn(C3CCC(=O)N(C)C3)nc2nc1-c1ccc(C(F)(F)F)cc1O. The number of phenols is 1. The van der Waals surface area contributed by atoms with Crippen LogP contribution < -0.4 is 0 Å². The molecule has 152 valence electrons. The van der Waals surface area contributed by atoms with Gasteiger partial charge in [-0.15, -0.1) is 0 Å². The molecule has 3 heterocycles. The Kier molecular flexibility index (Phi) is 4.44. The minimum atomic E-state index is -4.55. The Morgan fingerprint density at radius 1 is 1.24 bits per heavy atom. The first-order valence-corrected chi connectivity index (χ1v) is 9.01. The highest BCUT2D eigenvalue weighted by atomic mass is 19.4. The van der Waals surface area contributed by atoms with Crippen molar-refractivity contribution in [1.29, 1.82) is 0 Å². The molecule has 7 nitrogen and oxygen atoms in total. The fourth-order valence-electron chi connectivity index (χ4n) is 3.51. The third-order valence-corrected chi connectivity index (χ3v) is 5.10. The van der Waals surface area contributed by atoms with E-state index in [9.17, 15) is 23.1 Å². The summed E-state index contributed by atoms with van der Waals surface area (Å²) in [6.07, 6.45) is -1.71. The number of halogens is 3. The summed E-state index contributed by atoms with van der Waals surface area (Å²) >= 11 is 0. The van der Waals surface area contributed by atoms with Crippen molar-refractivity contribution in [2.24, 2.45) is 0 Å². The van der Waals surface area contributed by atoms with Crippen LogP contribution in [0.25, 0.3) is 22.4 Å². The number of aryl methyl sites for hydroxylation is 1. The fourth-order valence-corrected chi connectivity index (χ4v) is 3.51. The predicted molar refractivity (Wildman–Crippen MR) is 98.1 cm³/mol. The van der Waals surface area contributed by atoms with Crippen LogP contribution in [-0.4, -0.2) is 49.3 Å². The number of aromatic nitrogens is 4. The molecule has 0 aliphatic carbocycles. The molecule has 0 saturated carbocycles. The van der Waals surface area contributed by atoms with Gasteiger partial charge in [-0.05, 0) is 31.5 Å². The van der Waals surface area contributed by atoms with Crippen LogP contribution in [0.2, 0.25) is 0 Å². The first-order valence-electron chi connectivity index (χ1n) is 9.01. The fraction of sp³-hybridized carbons (Fsp3) is 0.368. The Bertz CT molecular complexity index is 1110. The number of phenolic OH excluding ortho intramolecular Hbond substituents is 1. The molecule has 0 radical (unpaired) electrons. The highest BCUT2D eigenvalue weighted by Crippen LogP contribution is 2.37. The van der Waals surface area contributed by atoms with Gasteiger partial charge in [-0.3, -0.25) is 9.48 Å². The molecule has 0 spiro atoms. The second kappa shape index (κ2) is 6.71. The van der Waals surface area contributed by atoms with Crippen LogP contribution in [-0.2, 0) is 11.0 Å². The van der Waals surface area contributed by atoms with E-state index in [0.29, 0.717) is 42.3 Å². The van der Waals surface area contributed by atoms with Crippen molar-refractivity contribution in [2.75, 3.05) is 13.6 Å². The zero-order chi connectivity index (χ0) is 20.9. The van der Waals surface area contributed by atoms with Crippen LogP contribution in [0.3, 0.4) is 0 Å². The van der Waals surface area contributed by atoms with E-state index in [1.165, 1.54) is 6.07 Å². The number of nitrogens with zero attached hydrogens (tertiary/aromatic N) is 5. The number of carbonyl (C=O) groups excluding carboxylic acids is 1. The molecular formula is C19H18F3N5O2. The van der Waals surface area contributed by atoms with E-state index in [-0.39, 0.29) is 23.2 Å². The highest BCUT2D eigenvalue weighted by Gasteiger charge is 2.31. The predicted octanol–water partition coefficient (Wildman–Crippen LogP) is 3.32. The first kappa shape index (κ1) is 19.2. The number of likely N-dealkylation sites (N-methyl/N-ethyl adjacent to an activating group) is 1. The van der Waals surface area contributed by atoms with Gasteiger partial charge in [0.2, 0.25) is 5.91 Å². The van der Waals surface area contributed by atoms with Crippen LogP contribution in [0.5, 0.6) is 5.75 Å². The van der Waals surface area contributed by atoms with E-state index in [0.717, 1.165) is 6.07 Å². The Balaban J connectivity index is 1.72. The normalized spacial score (nSPS) is 17.9. The molecule has 1 aromatic carbocycles. The van der Waals surface area contributed by atoms with Gasteiger partial charge in [0.1, 0.15) is 11.3 Å². The molecule has 0 bridgehead atoms. The third kappa shape index (κ3) is 3.50. The molecule has 1 unspecified atom stereocenters. The Morgan fingerprint density at radius 3 is 2.66 bits per heavy atom. The Hall–Kier alpha value is -3.17. The molecule has 1 saturated heterocycles. The molecule has 1 atom stereocenters. The van der Waals surface area contributed by atoms with E-state index in [1.807, 2.05) is 0 Å². The van der Waals surface area contributed by atoms with Crippen molar-refractivity contribution in [1.82, 2.24) is 24.6 Å². The topological polar surface area (TPSA) is 84.1 Å². The molecule has 3 aromatic rings. The van der Waals surface area contributed by atoms with Crippen molar-refractivity contribution in [2.45, 2.75) is 32.0 Å². The average Bonchev–Trinajstić information content (AvgIpc) is 3.05. The summed E-state index contributed by atoms with van der Waals surface area (Å²) in [6, 6.07) is 2.75. The number of benzene rings is 1. The van der Waals surface area contributed by atoms with Crippen molar-refractivity contribution in [3.05, 3.63) is 35.7 Å². The molecule has 1 N–H and O–H groups in total. The van der Waals surface area contributed by atoms with Crippen molar-refractivity contribution in [3.63, 3.8) is 0 Å². The number of hydrogen-bond donors (Lipinski definition) is 1. The quantitative estimate of drug-likeness (QED) is 0.707. The zero-order valence-corrected chi connectivity index (χ0v) is 15.7. The molecule has 10 heteroatoms. The number of aromatic hydroxyl groups is 1. The smallest absolute Gasteiger partial charge is 0.416 e. The number of rotatable bonds is 2. The lowest BCUT2D eigenvalue weighted by molar-refractivity contribution is -0.137. The van der Waals surface area contributed by atoms with Gasteiger partial charge in [0.15, 0.2) is 5.65 Å². The second-order valence-electron chi connectivity index (χ2n) is 7.17. The van der Waals surface area contributed by atoms with Crippen molar-refractivity contribution >= 4 is 17.1 Å². The largest absolute Gasteiger partial charge is 0.507 e. The summed E-state index contributed by atoms with van der Waals surface area (Å²) in [5.74, 6) is -0.437. The lowest BCUT2D eigenvalue weighted by Crippen LogP contribution is -2.38. The Morgan fingerprint density at radius 2 is 2.00 bits per heavy atom. The molecule has 1 aliphatic heterocycles. The van der Waals surface area contributed by atoms with Crippen LogP contribution in [0.1, 0.15) is 30.1 Å². The summed E-state index contributed by atoms with van der Waals surface area (Å²) in [7, 11) is 1.74. The van der Waals surface area contributed by atoms with Crippen molar-refractivity contribution < 1.29 is 23.1 Å². The standard InChI is InChI=1S/C19H18F3N5O2/c1-10-17(13-5-3-11(7-15(13)28)19(20,21)22)24-18-14(23-10)9-27(25-18)12-4-6-16(29)26(2)8-12/h3,5,7,9,12,28H,4,6,8H2,1-2H3. The van der Waals surface area contributed by atoms with Gasteiger partial charge >= 0.3 is 6.18 Å².